The first-order valence-corrected chi connectivity index (χ1v) is 9.97. The van der Waals surface area contributed by atoms with Crippen molar-refractivity contribution >= 4 is 5.91 Å². The summed E-state index contributed by atoms with van der Waals surface area (Å²) >= 11 is 0. The third-order valence-corrected chi connectivity index (χ3v) is 5.20. The molecule has 1 N–H and O–H groups in total. The lowest BCUT2D eigenvalue weighted by Crippen LogP contribution is -2.40. The minimum absolute atomic E-state index is 0.0836. The number of methoxy groups -OCH3 is 1. The first-order valence-electron chi connectivity index (χ1n) is 9.97. The molecule has 1 aliphatic heterocycles. The van der Waals surface area contributed by atoms with Gasteiger partial charge in [0, 0.05) is 0 Å². The predicted molar refractivity (Wildman–Crippen MR) is 109 cm³/mol. The van der Waals surface area contributed by atoms with Gasteiger partial charge in [0.05, 0.1) is 19.7 Å². The third-order valence-electron chi connectivity index (χ3n) is 5.20. The summed E-state index contributed by atoms with van der Waals surface area (Å²) in [4.78, 5) is 15.1. The molecule has 144 valence electrons. The number of hydrogen-bond acceptors (Lipinski definition) is 3. The maximum atomic E-state index is 12.8. The summed E-state index contributed by atoms with van der Waals surface area (Å²) in [6.45, 7) is 2.51. The average Bonchev–Trinajstić information content (AvgIpc) is 2.69. The van der Waals surface area contributed by atoms with Crippen molar-refractivity contribution in [2.75, 3.05) is 26.7 Å². The fourth-order valence-corrected chi connectivity index (χ4v) is 3.68. The topological polar surface area (TPSA) is 41.6 Å². The van der Waals surface area contributed by atoms with Crippen molar-refractivity contribution in [1.82, 2.24) is 10.2 Å². The van der Waals surface area contributed by atoms with Crippen LogP contribution in [0.5, 0.6) is 5.75 Å². The second-order valence-electron chi connectivity index (χ2n) is 7.23. The molecule has 0 bridgehead atoms. The Hall–Kier alpha value is -2.33. The van der Waals surface area contributed by atoms with Gasteiger partial charge in [-0.1, -0.05) is 61.7 Å². The highest BCUT2D eigenvalue weighted by atomic mass is 16.5. The average molecular weight is 367 g/mol. The van der Waals surface area contributed by atoms with Gasteiger partial charge in [-0.3, -0.25) is 9.69 Å². The van der Waals surface area contributed by atoms with Crippen LogP contribution in [0.15, 0.2) is 54.6 Å². The third kappa shape index (κ3) is 5.83. The minimum atomic E-state index is -0.153. The molecule has 4 nitrogen and oxygen atoms in total. The summed E-state index contributed by atoms with van der Waals surface area (Å²) in [5.74, 6) is 0.901. The summed E-state index contributed by atoms with van der Waals surface area (Å²) in [5.41, 5.74) is 2.15. The van der Waals surface area contributed by atoms with Crippen molar-refractivity contribution in [3.05, 3.63) is 65.7 Å². The molecule has 1 amide bonds. The quantitative estimate of drug-likeness (QED) is 0.834. The molecule has 3 rings (SSSR count). The Balaban J connectivity index is 1.71. The molecule has 0 aliphatic carbocycles. The number of likely N-dealkylation sites (tertiary alicyclic amines) is 1. The van der Waals surface area contributed by atoms with E-state index in [4.69, 9.17) is 4.74 Å². The molecule has 4 heteroatoms. The molecule has 0 unspecified atom stereocenters. The number of ether oxygens (including phenoxy) is 1. The van der Waals surface area contributed by atoms with E-state index < -0.39 is 0 Å². The fraction of sp³-hybridized carbons (Fsp3) is 0.435. The van der Waals surface area contributed by atoms with Crippen molar-refractivity contribution in [2.45, 2.75) is 38.1 Å². The molecule has 1 atom stereocenters. The summed E-state index contributed by atoms with van der Waals surface area (Å²) < 4.78 is 5.26. The van der Waals surface area contributed by atoms with Crippen molar-refractivity contribution < 1.29 is 9.53 Å². The van der Waals surface area contributed by atoms with Gasteiger partial charge in [-0.2, -0.15) is 0 Å². The number of carbonyl (C=O) groups is 1. The van der Waals surface area contributed by atoms with Crippen LogP contribution in [0.3, 0.4) is 0 Å². The SMILES string of the molecule is COc1ccc([C@@H](NC(=O)CN2CCCCCCC2)c2ccccc2)cc1. The number of benzene rings is 2. The summed E-state index contributed by atoms with van der Waals surface area (Å²) in [6, 6.07) is 17.9. The zero-order chi connectivity index (χ0) is 18.9. The highest BCUT2D eigenvalue weighted by molar-refractivity contribution is 5.79. The van der Waals surface area contributed by atoms with Crippen molar-refractivity contribution in [3.63, 3.8) is 0 Å². The standard InChI is InChI=1S/C23H30N2O2/c1-27-21-14-12-20(13-15-21)23(19-10-6-5-7-11-19)24-22(26)18-25-16-8-3-2-4-9-17-25/h5-7,10-15,23H,2-4,8-9,16-18H2,1H3,(H,24,26)/t23-/m0/s1. The van der Waals surface area contributed by atoms with Gasteiger partial charge >= 0.3 is 0 Å². The molecule has 27 heavy (non-hydrogen) atoms. The van der Waals surface area contributed by atoms with Crippen molar-refractivity contribution in [3.8, 4) is 5.75 Å². The summed E-state index contributed by atoms with van der Waals surface area (Å²) in [5, 5.41) is 3.25. The van der Waals surface area contributed by atoms with E-state index in [0.29, 0.717) is 6.54 Å². The molecule has 1 aliphatic rings. The van der Waals surface area contributed by atoms with Crippen LogP contribution in [-0.4, -0.2) is 37.6 Å². The van der Waals surface area contributed by atoms with E-state index in [1.807, 2.05) is 42.5 Å². The van der Waals surface area contributed by atoms with E-state index in [0.717, 1.165) is 30.0 Å². The summed E-state index contributed by atoms with van der Waals surface area (Å²) in [7, 11) is 1.66. The van der Waals surface area contributed by atoms with E-state index in [1.165, 1.54) is 32.1 Å². The normalized spacial score (nSPS) is 16.8. The zero-order valence-electron chi connectivity index (χ0n) is 16.2. The molecule has 0 saturated carbocycles. The van der Waals surface area contributed by atoms with Crippen LogP contribution in [0, 0.1) is 0 Å². The summed E-state index contributed by atoms with van der Waals surface area (Å²) in [6.07, 6.45) is 6.25. The van der Waals surface area contributed by atoms with Crippen LogP contribution < -0.4 is 10.1 Å². The lowest BCUT2D eigenvalue weighted by Gasteiger charge is -2.26. The van der Waals surface area contributed by atoms with Crippen LogP contribution in [0.1, 0.15) is 49.3 Å². The Labute approximate surface area is 162 Å². The van der Waals surface area contributed by atoms with Crippen LogP contribution in [0.25, 0.3) is 0 Å². The molecule has 0 spiro atoms. The van der Waals surface area contributed by atoms with Crippen LogP contribution in [0.2, 0.25) is 0 Å². The molecule has 0 radical (unpaired) electrons. The highest BCUT2D eigenvalue weighted by Crippen LogP contribution is 2.24. The highest BCUT2D eigenvalue weighted by Gasteiger charge is 2.19. The van der Waals surface area contributed by atoms with E-state index in [2.05, 4.69) is 22.3 Å². The predicted octanol–water partition coefficient (Wildman–Crippen LogP) is 4.17. The van der Waals surface area contributed by atoms with E-state index >= 15 is 0 Å². The van der Waals surface area contributed by atoms with Gasteiger partial charge in [-0.15, -0.1) is 0 Å². The first-order chi connectivity index (χ1) is 13.3. The second-order valence-corrected chi connectivity index (χ2v) is 7.23. The van der Waals surface area contributed by atoms with E-state index in [9.17, 15) is 4.79 Å². The molecule has 1 saturated heterocycles. The number of hydrogen-bond donors (Lipinski definition) is 1. The lowest BCUT2D eigenvalue weighted by atomic mass is 9.98. The van der Waals surface area contributed by atoms with E-state index in [1.54, 1.807) is 7.11 Å². The van der Waals surface area contributed by atoms with Gasteiger partial charge in [0.25, 0.3) is 0 Å². The zero-order valence-corrected chi connectivity index (χ0v) is 16.2. The Bertz CT molecular complexity index is 692. The van der Waals surface area contributed by atoms with Crippen LogP contribution >= 0.6 is 0 Å². The number of carbonyl (C=O) groups excluding carboxylic acids is 1. The monoisotopic (exact) mass is 366 g/mol. The molecular weight excluding hydrogens is 336 g/mol. The van der Waals surface area contributed by atoms with Crippen LogP contribution in [-0.2, 0) is 4.79 Å². The largest absolute Gasteiger partial charge is 0.497 e. The molecule has 2 aromatic rings. The Morgan fingerprint density at radius 1 is 0.926 bits per heavy atom. The van der Waals surface area contributed by atoms with Gasteiger partial charge in [0.2, 0.25) is 5.91 Å². The number of rotatable bonds is 6. The number of amides is 1. The maximum absolute atomic E-state index is 12.8. The Kier molecular flexibility index (Phi) is 7.28. The fourth-order valence-electron chi connectivity index (χ4n) is 3.68. The Morgan fingerprint density at radius 3 is 2.15 bits per heavy atom. The molecule has 2 aromatic carbocycles. The van der Waals surface area contributed by atoms with Gasteiger partial charge in [-0.05, 0) is 49.2 Å². The second kappa shape index (κ2) is 10.1. The first kappa shape index (κ1) is 19.4. The smallest absolute Gasteiger partial charge is 0.234 e. The van der Waals surface area contributed by atoms with Gasteiger partial charge in [0.1, 0.15) is 5.75 Å². The number of nitrogens with zero attached hydrogens (tertiary/aromatic N) is 1. The maximum Gasteiger partial charge on any atom is 0.234 e. The lowest BCUT2D eigenvalue weighted by molar-refractivity contribution is -0.122. The van der Waals surface area contributed by atoms with Crippen molar-refractivity contribution in [1.29, 1.82) is 0 Å². The molecule has 1 fully saturated rings. The minimum Gasteiger partial charge on any atom is -0.497 e. The van der Waals surface area contributed by atoms with Crippen LogP contribution in [0.4, 0.5) is 0 Å². The van der Waals surface area contributed by atoms with Crippen molar-refractivity contribution in [2.24, 2.45) is 0 Å². The molecular formula is C23H30N2O2. The molecule has 1 heterocycles. The van der Waals surface area contributed by atoms with Gasteiger partial charge in [-0.25, -0.2) is 0 Å². The van der Waals surface area contributed by atoms with E-state index in [-0.39, 0.29) is 11.9 Å². The Morgan fingerprint density at radius 2 is 1.52 bits per heavy atom. The molecule has 0 aromatic heterocycles. The van der Waals surface area contributed by atoms with Gasteiger partial charge in [0.15, 0.2) is 0 Å². The number of nitrogens with one attached hydrogen (secondary N) is 1. The van der Waals surface area contributed by atoms with Gasteiger partial charge < -0.3 is 10.1 Å².